The third kappa shape index (κ3) is 3.30. The third-order valence-electron chi connectivity index (χ3n) is 3.93. The summed E-state index contributed by atoms with van der Waals surface area (Å²) in [6, 6.07) is 12.9. The maximum atomic E-state index is 12.7. The Morgan fingerprint density at radius 3 is 2.88 bits per heavy atom. The average Bonchev–Trinajstić information content (AvgIpc) is 3.19. The second-order valence-electron chi connectivity index (χ2n) is 5.65. The number of rotatable bonds is 3. The van der Waals surface area contributed by atoms with Crippen molar-refractivity contribution in [3.8, 4) is 11.5 Å². The normalized spacial score (nSPS) is 19.0. The van der Waals surface area contributed by atoms with Crippen molar-refractivity contribution in [2.45, 2.75) is 6.92 Å². The highest BCUT2D eigenvalue weighted by molar-refractivity contribution is 8.18. The predicted octanol–water partition coefficient (Wildman–Crippen LogP) is 4.69. The van der Waals surface area contributed by atoms with E-state index in [-0.39, 0.29) is 12.7 Å². The summed E-state index contributed by atoms with van der Waals surface area (Å²) in [5.41, 5.74) is 1.60. The molecule has 26 heavy (non-hydrogen) atoms. The van der Waals surface area contributed by atoms with Crippen molar-refractivity contribution < 1.29 is 14.3 Å². The molecule has 0 aliphatic carbocycles. The van der Waals surface area contributed by atoms with E-state index in [0.717, 1.165) is 17.0 Å². The highest BCUT2D eigenvalue weighted by Gasteiger charge is 2.32. The minimum Gasteiger partial charge on any atom is -0.454 e. The Morgan fingerprint density at radius 1 is 1.23 bits per heavy atom. The van der Waals surface area contributed by atoms with E-state index in [1.54, 1.807) is 17.0 Å². The van der Waals surface area contributed by atoms with Gasteiger partial charge in [0.15, 0.2) is 16.7 Å². The number of halogens is 1. The number of aliphatic imine (C=N–C) groups is 1. The highest BCUT2D eigenvalue weighted by atomic mass is 35.5. The average molecular weight is 387 g/mol. The molecule has 0 aromatic heterocycles. The Labute approximate surface area is 160 Å². The number of hydrogen-bond donors (Lipinski definition) is 0. The van der Waals surface area contributed by atoms with Gasteiger partial charge in [-0.1, -0.05) is 23.7 Å². The number of likely N-dealkylation sites (N-methyl/N-ethyl adjacent to an activating group) is 1. The second kappa shape index (κ2) is 7.05. The van der Waals surface area contributed by atoms with Crippen molar-refractivity contribution in [2.75, 3.05) is 13.3 Å². The number of amides is 1. The summed E-state index contributed by atoms with van der Waals surface area (Å²) in [6.45, 7) is 2.70. The molecule has 2 aliphatic heterocycles. The number of hydrogen-bond acceptors (Lipinski definition) is 5. The van der Waals surface area contributed by atoms with E-state index in [2.05, 4.69) is 4.99 Å². The van der Waals surface area contributed by atoms with Crippen LogP contribution in [-0.4, -0.2) is 29.3 Å². The van der Waals surface area contributed by atoms with Gasteiger partial charge in [-0.25, -0.2) is 4.99 Å². The molecule has 1 fully saturated rings. The molecule has 2 aromatic carbocycles. The van der Waals surface area contributed by atoms with Crippen LogP contribution in [0.15, 0.2) is 52.4 Å². The molecule has 1 saturated heterocycles. The Hall–Kier alpha value is -2.44. The summed E-state index contributed by atoms with van der Waals surface area (Å²) < 4.78 is 10.7. The molecule has 0 bridgehead atoms. The number of amidine groups is 1. The zero-order valence-electron chi connectivity index (χ0n) is 13.9. The lowest BCUT2D eigenvalue weighted by atomic mass is 10.2. The first-order chi connectivity index (χ1) is 12.6. The molecule has 1 amide bonds. The van der Waals surface area contributed by atoms with Gasteiger partial charge in [-0.05, 0) is 60.7 Å². The van der Waals surface area contributed by atoms with Gasteiger partial charge in [-0.3, -0.25) is 9.69 Å². The molecule has 7 heteroatoms. The molecule has 0 unspecified atom stereocenters. The van der Waals surface area contributed by atoms with Crippen molar-refractivity contribution in [3.05, 3.63) is 58.0 Å². The lowest BCUT2D eigenvalue weighted by Crippen LogP contribution is -2.28. The topological polar surface area (TPSA) is 51.1 Å². The monoisotopic (exact) mass is 386 g/mol. The summed E-state index contributed by atoms with van der Waals surface area (Å²) in [5, 5.41) is 1.26. The number of fused-ring (bicyclic) bond motifs is 1. The molecule has 2 aliphatic rings. The summed E-state index contributed by atoms with van der Waals surface area (Å²) in [7, 11) is 0. The fraction of sp³-hybridized carbons (Fsp3) is 0.158. The van der Waals surface area contributed by atoms with Crippen LogP contribution >= 0.6 is 23.4 Å². The lowest BCUT2D eigenvalue weighted by molar-refractivity contribution is -0.122. The van der Waals surface area contributed by atoms with Crippen LogP contribution in [0.25, 0.3) is 6.08 Å². The molecular weight excluding hydrogens is 372 g/mol. The van der Waals surface area contributed by atoms with Crippen molar-refractivity contribution >= 4 is 46.2 Å². The van der Waals surface area contributed by atoms with E-state index in [1.807, 2.05) is 43.3 Å². The van der Waals surface area contributed by atoms with Crippen molar-refractivity contribution in [1.29, 1.82) is 0 Å². The lowest BCUT2D eigenvalue weighted by Gasteiger charge is -2.12. The second-order valence-corrected chi connectivity index (χ2v) is 7.09. The summed E-state index contributed by atoms with van der Waals surface area (Å²) in [5.74, 6) is 1.35. The standard InChI is InChI=1S/C19H15ClN2O3S/c1-2-22-18(23)17(9-12-6-7-15-16(8-12)25-11-24-15)26-19(22)21-14-5-3-4-13(20)10-14/h3-10H,2,11H2,1H3/b17-9+,21-19?. The van der Waals surface area contributed by atoms with Gasteiger partial charge in [0.05, 0.1) is 10.6 Å². The quantitative estimate of drug-likeness (QED) is 0.718. The van der Waals surface area contributed by atoms with Crippen LogP contribution in [0.4, 0.5) is 5.69 Å². The first-order valence-corrected chi connectivity index (χ1v) is 9.29. The summed E-state index contributed by atoms with van der Waals surface area (Å²) in [6.07, 6.45) is 1.85. The van der Waals surface area contributed by atoms with Gasteiger partial charge in [-0.2, -0.15) is 0 Å². The van der Waals surface area contributed by atoms with Gasteiger partial charge in [0.1, 0.15) is 0 Å². The molecule has 132 valence electrons. The van der Waals surface area contributed by atoms with Crippen molar-refractivity contribution in [1.82, 2.24) is 4.90 Å². The smallest absolute Gasteiger partial charge is 0.266 e. The number of nitrogens with zero attached hydrogens (tertiary/aromatic N) is 2. The van der Waals surface area contributed by atoms with E-state index in [9.17, 15) is 4.79 Å². The molecule has 0 radical (unpaired) electrons. The van der Waals surface area contributed by atoms with Gasteiger partial charge >= 0.3 is 0 Å². The highest BCUT2D eigenvalue weighted by Crippen LogP contribution is 2.37. The fourth-order valence-electron chi connectivity index (χ4n) is 2.68. The van der Waals surface area contributed by atoms with Crippen LogP contribution in [0.3, 0.4) is 0 Å². The van der Waals surface area contributed by atoms with E-state index in [0.29, 0.717) is 27.4 Å². The zero-order chi connectivity index (χ0) is 18.1. The Morgan fingerprint density at radius 2 is 2.08 bits per heavy atom. The molecule has 0 N–H and O–H groups in total. The fourth-order valence-corrected chi connectivity index (χ4v) is 3.93. The Bertz CT molecular complexity index is 942. The summed E-state index contributed by atoms with van der Waals surface area (Å²) in [4.78, 5) is 19.6. The van der Waals surface area contributed by atoms with Gasteiger partial charge in [0.2, 0.25) is 6.79 Å². The van der Waals surface area contributed by atoms with Crippen LogP contribution < -0.4 is 9.47 Å². The molecule has 2 heterocycles. The van der Waals surface area contributed by atoms with E-state index in [1.165, 1.54) is 11.8 Å². The van der Waals surface area contributed by atoms with Gasteiger partial charge in [0.25, 0.3) is 5.91 Å². The van der Waals surface area contributed by atoms with Crippen molar-refractivity contribution in [2.24, 2.45) is 4.99 Å². The first-order valence-electron chi connectivity index (χ1n) is 8.09. The third-order valence-corrected chi connectivity index (χ3v) is 5.17. The van der Waals surface area contributed by atoms with Crippen LogP contribution in [0, 0.1) is 0 Å². The molecule has 0 spiro atoms. The molecule has 0 saturated carbocycles. The van der Waals surface area contributed by atoms with Gasteiger partial charge < -0.3 is 9.47 Å². The van der Waals surface area contributed by atoms with E-state index in [4.69, 9.17) is 21.1 Å². The number of carbonyl (C=O) groups excluding carboxylic acids is 1. The molecule has 4 rings (SSSR count). The molecule has 5 nitrogen and oxygen atoms in total. The summed E-state index contributed by atoms with van der Waals surface area (Å²) >= 11 is 7.37. The van der Waals surface area contributed by atoms with E-state index < -0.39 is 0 Å². The number of thioether (sulfide) groups is 1. The first kappa shape index (κ1) is 17.0. The number of ether oxygens (including phenoxy) is 2. The maximum Gasteiger partial charge on any atom is 0.266 e. The van der Waals surface area contributed by atoms with Crippen LogP contribution in [-0.2, 0) is 4.79 Å². The largest absolute Gasteiger partial charge is 0.454 e. The molecule has 0 atom stereocenters. The van der Waals surface area contributed by atoms with Gasteiger partial charge in [-0.15, -0.1) is 0 Å². The molecule has 2 aromatic rings. The van der Waals surface area contributed by atoms with Gasteiger partial charge in [0, 0.05) is 11.6 Å². The zero-order valence-corrected chi connectivity index (χ0v) is 15.5. The Balaban J connectivity index is 1.65. The van der Waals surface area contributed by atoms with Crippen LogP contribution in [0.5, 0.6) is 11.5 Å². The SMILES string of the molecule is CCN1C(=O)/C(=C\c2ccc3c(c2)OCO3)SC1=Nc1cccc(Cl)c1. The predicted molar refractivity (Wildman–Crippen MR) is 104 cm³/mol. The van der Waals surface area contributed by atoms with E-state index >= 15 is 0 Å². The molecular formula is C19H15ClN2O3S. The van der Waals surface area contributed by atoms with Crippen molar-refractivity contribution in [3.63, 3.8) is 0 Å². The Kier molecular flexibility index (Phi) is 4.61. The number of benzene rings is 2. The number of carbonyl (C=O) groups is 1. The van der Waals surface area contributed by atoms with Crippen LogP contribution in [0.1, 0.15) is 12.5 Å². The van der Waals surface area contributed by atoms with Crippen LogP contribution in [0.2, 0.25) is 5.02 Å². The minimum absolute atomic E-state index is 0.0593. The maximum absolute atomic E-state index is 12.7. The minimum atomic E-state index is -0.0593.